The van der Waals surface area contributed by atoms with Gasteiger partial charge in [-0.1, -0.05) is 36.4 Å². The van der Waals surface area contributed by atoms with E-state index in [-0.39, 0.29) is 11.9 Å². The van der Waals surface area contributed by atoms with Crippen LogP contribution in [0.1, 0.15) is 32.4 Å². The molecule has 2 aromatic heterocycles. The number of amides is 1. The summed E-state index contributed by atoms with van der Waals surface area (Å²) in [5.41, 5.74) is 2.54. The van der Waals surface area contributed by atoms with Crippen LogP contribution in [0.2, 0.25) is 0 Å². The quantitative estimate of drug-likeness (QED) is 0.415. The molecule has 0 fully saturated rings. The lowest BCUT2D eigenvalue weighted by Gasteiger charge is -2.19. The van der Waals surface area contributed by atoms with E-state index in [2.05, 4.69) is 10.3 Å². The Balaban J connectivity index is 1.52. The SMILES string of the molecule is COc1cc(C(=O)N[C@H](c2ccccc2)c2cccs2)ccc1OCc1ccncc1. The third-order valence-electron chi connectivity index (χ3n) is 4.81. The predicted octanol–water partition coefficient (Wildman–Crippen LogP) is 5.25. The Labute approximate surface area is 185 Å². The third kappa shape index (κ3) is 5.10. The van der Waals surface area contributed by atoms with Crippen LogP contribution in [0.3, 0.4) is 0 Å². The molecule has 1 amide bonds. The average molecular weight is 431 g/mol. The van der Waals surface area contributed by atoms with Gasteiger partial charge >= 0.3 is 0 Å². The standard InChI is InChI=1S/C25H22N2O3S/c1-29-22-16-20(9-10-21(22)30-17-18-11-13-26-14-12-18)25(28)27-24(23-8-5-15-31-23)19-6-3-2-4-7-19/h2-16,24H,17H2,1H3,(H,27,28)/t24-/m1/s1. The molecule has 2 heterocycles. The number of nitrogens with one attached hydrogen (secondary N) is 1. The van der Waals surface area contributed by atoms with Crippen molar-refractivity contribution in [2.75, 3.05) is 7.11 Å². The second-order valence-electron chi connectivity index (χ2n) is 6.84. The molecule has 0 saturated carbocycles. The Bertz CT molecular complexity index is 1120. The highest BCUT2D eigenvalue weighted by Crippen LogP contribution is 2.30. The van der Waals surface area contributed by atoms with Gasteiger partial charge in [-0.15, -0.1) is 11.3 Å². The van der Waals surface area contributed by atoms with Crippen LogP contribution < -0.4 is 14.8 Å². The van der Waals surface area contributed by atoms with Gasteiger partial charge in [-0.05, 0) is 52.9 Å². The number of thiophene rings is 1. The van der Waals surface area contributed by atoms with Crippen molar-refractivity contribution in [3.63, 3.8) is 0 Å². The van der Waals surface area contributed by atoms with Crippen molar-refractivity contribution in [2.45, 2.75) is 12.6 Å². The number of pyridine rings is 1. The van der Waals surface area contributed by atoms with Crippen LogP contribution in [0.25, 0.3) is 0 Å². The van der Waals surface area contributed by atoms with Crippen LogP contribution in [0.4, 0.5) is 0 Å². The molecular formula is C25H22N2O3S. The highest BCUT2D eigenvalue weighted by atomic mass is 32.1. The fourth-order valence-corrected chi connectivity index (χ4v) is 4.00. The lowest BCUT2D eigenvalue weighted by molar-refractivity contribution is 0.0943. The molecule has 156 valence electrons. The summed E-state index contributed by atoms with van der Waals surface area (Å²) >= 11 is 1.61. The van der Waals surface area contributed by atoms with Gasteiger partial charge in [0.05, 0.1) is 13.2 Å². The van der Waals surface area contributed by atoms with Gasteiger partial charge in [0.2, 0.25) is 0 Å². The Morgan fingerprint density at radius 2 is 1.81 bits per heavy atom. The maximum atomic E-state index is 13.1. The second-order valence-corrected chi connectivity index (χ2v) is 7.82. The number of carbonyl (C=O) groups is 1. The molecule has 0 saturated heterocycles. The van der Waals surface area contributed by atoms with Gasteiger partial charge in [0.15, 0.2) is 11.5 Å². The monoisotopic (exact) mass is 430 g/mol. The van der Waals surface area contributed by atoms with E-state index in [4.69, 9.17) is 9.47 Å². The fourth-order valence-electron chi connectivity index (χ4n) is 3.20. The van der Waals surface area contributed by atoms with Crippen molar-refractivity contribution >= 4 is 17.2 Å². The molecule has 1 atom stereocenters. The molecule has 0 radical (unpaired) electrons. The third-order valence-corrected chi connectivity index (χ3v) is 5.74. The van der Waals surface area contributed by atoms with E-state index in [1.54, 1.807) is 49.0 Å². The van der Waals surface area contributed by atoms with Crippen LogP contribution in [-0.4, -0.2) is 18.0 Å². The highest BCUT2D eigenvalue weighted by molar-refractivity contribution is 7.10. The number of hydrogen-bond acceptors (Lipinski definition) is 5. The van der Waals surface area contributed by atoms with Crippen molar-refractivity contribution in [1.29, 1.82) is 0 Å². The number of rotatable bonds is 8. The molecule has 2 aromatic carbocycles. The average Bonchev–Trinajstić information content (AvgIpc) is 3.37. The number of hydrogen-bond donors (Lipinski definition) is 1. The molecule has 31 heavy (non-hydrogen) atoms. The first-order chi connectivity index (χ1) is 15.2. The van der Waals surface area contributed by atoms with Gasteiger partial charge in [-0.3, -0.25) is 9.78 Å². The summed E-state index contributed by atoms with van der Waals surface area (Å²) in [7, 11) is 1.56. The van der Waals surface area contributed by atoms with Crippen molar-refractivity contribution < 1.29 is 14.3 Å². The zero-order chi connectivity index (χ0) is 21.5. The minimum Gasteiger partial charge on any atom is -0.493 e. The minimum absolute atomic E-state index is 0.179. The molecule has 0 aliphatic carbocycles. The maximum Gasteiger partial charge on any atom is 0.252 e. The fraction of sp³-hybridized carbons (Fsp3) is 0.120. The molecule has 4 aromatic rings. The van der Waals surface area contributed by atoms with E-state index in [1.165, 1.54) is 0 Å². The number of ether oxygens (including phenoxy) is 2. The largest absolute Gasteiger partial charge is 0.493 e. The lowest BCUT2D eigenvalue weighted by Crippen LogP contribution is -2.28. The van der Waals surface area contributed by atoms with Crippen molar-refractivity contribution in [2.24, 2.45) is 0 Å². The van der Waals surface area contributed by atoms with Gasteiger partial charge in [-0.25, -0.2) is 0 Å². The number of nitrogens with zero attached hydrogens (tertiary/aromatic N) is 1. The van der Waals surface area contributed by atoms with Crippen molar-refractivity contribution in [1.82, 2.24) is 10.3 Å². The van der Waals surface area contributed by atoms with E-state index in [9.17, 15) is 4.79 Å². The first kappa shape index (κ1) is 20.6. The first-order valence-electron chi connectivity index (χ1n) is 9.83. The molecule has 0 bridgehead atoms. The number of carbonyl (C=O) groups excluding carboxylic acids is 1. The topological polar surface area (TPSA) is 60.5 Å². The Kier molecular flexibility index (Phi) is 6.59. The number of methoxy groups -OCH3 is 1. The summed E-state index contributed by atoms with van der Waals surface area (Å²) in [4.78, 5) is 18.2. The van der Waals surface area contributed by atoms with Crippen LogP contribution >= 0.6 is 11.3 Å². The van der Waals surface area contributed by atoms with E-state index in [0.717, 1.165) is 16.0 Å². The molecule has 4 rings (SSSR count). The van der Waals surface area contributed by atoms with Crippen LogP contribution in [0.15, 0.2) is 90.6 Å². The van der Waals surface area contributed by atoms with Gasteiger partial charge in [0.25, 0.3) is 5.91 Å². The Hall–Kier alpha value is -3.64. The summed E-state index contributed by atoms with van der Waals surface area (Å²) in [5, 5.41) is 5.16. The molecular weight excluding hydrogens is 408 g/mol. The maximum absolute atomic E-state index is 13.1. The van der Waals surface area contributed by atoms with Crippen LogP contribution in [-0.2, 0) is 6.61 Å². The van der Waals surface area contributed by atoms with E-state index in [1.807, 2.05) is 60.0 Å². The molecule has 0 spiro atoms. The molecule has 1 N–H and O–H groups in total. The molecule has 0 aliphatic heterocycles. The van der Waals surface area contributed by atoms with Crippen LogP contribution in [0, 0.1) is 0 Å². The number of benzene rings is 2. The Morgan fingerprint density at radius 1 is 1.00 bits per heavy atom. The normalized spacial score (nSPS) is 11.5. The summed E-state index contributed by atoms with van der Waals surface area (Å²) in [6.07, 6.45) is 3.44. The lowest BCUT2D eigenvalue weighted by atomic mass is 10.0. The summed E-state index contributed by atoms with van der Waals surface area (Å²) < 4.78 is 11.3. The van der Waals surface area contributed by atoms with Gasteiger partial charge in [0, 0.05) is 22.8 Å². The Morgan fingerprint density at radius 3 is 2.52 bits per heavy atom. The van der Waals surface area contributed by atoms with E-state index < -0.39 is 0 Å². The van der Waals surface area contributed by atoms with Gasteiger partial charge in [-0.2, -0.15) is 0 Å². The van der Waals surface area contributed by atoms with Gasteiger partial charge in [0.1, 0.15) is 6.61 Å². The zero-order valence-electron chi connectivity index (χ0n) is 17.0. The summed E-state index contributed by atoms with van der Waals surface area (Å²) in [5.74, 6) is 0.907. The molecule has 6 heteroatoms. The van der Waals surface area contributed by atoms with Crippen molar-refractivity contribution in [3.8, 4) is 11.5 Å². The molecule has 0 unspecified atom stereocenters. The molecule has 0 aliphatic rings. The first-order valence-corrected chi connectivity index (χ1v) is 10.7. The predicted molar refractivity (Wildman–Crippen MR) is 122 cm³/mol. The second kappa shape index (κ2) is 9.91. The summed E-state index contributed by atoms with van der Waals surface area (Å²) in [6.45, 7) is 0.388. The number of aromatic nitrogens is 1. The van der Waals surface area contributed by atoms with Crippen LogP contribution in [0.5, 0.6) is 11.5 Å². The molecule has 5 nitrogen and oxygen atoms in total. The highest BCUT2D eigenvalue weighted by Gasteiger charge is 2.19. The van der Waals surface area contributed by atoms with Crippen molar-refractivity contribution in [3.05, 3.63) is 112 Å². The van der Waals surface area contributed by atoms with E-state index >= 15 is 0 Å². The minimum atomic E-state index is -0.220. The zero-order valence-corrected chi connectivity index (χ0v) is 17.8. The van der Waals surface area contributed by atoms with Gasteiger partial charge < -0.3 is 14.8 Å². The summed E-state index contributed by atoms with van der Waals surface area (Å²) in [6, 6.07) is 22.7. The smallest absolute Gasteiger partial charge is 0.252 e. The van der Waals surface area contributed by atoms with E-state index in [0.29, 0.717) is 23.7 Å².